The molecule has 0 aliphatic carbocycles. The lowest BCUT2D eigenvalue weighted by molar-refractivity contribution is 0.261. The molecule has 84 valence electrons. The van der Waals surface area contributed by atoms with E-state index in [0.717, 1.165) is 16.9 Å². The van der Waals surface area contributed by atoms with Gasteiger partial charge in [0, 0.05) is 23.5 Å². The second-order valence-electron chi connectivity index (χ2n) is 4.61. The summed E-state index contributed by atoms with van der Waals surface area (Å²) in [5, 5.41) is 12.3. The van der Waals surface area contributed by atoms with Crippen LogP contribution in [0.15, 0.2) is 18.2 Å². The smallest absolute Gasteiger partial charge is 0.0453 e. The molecule has 0 radical (unpaired) electrons. The second-order valence-corrected chi connectivity index (χ2v) is 4.61. The third-order valence-corrected chi connectivity index (χ3v) is 2.32. The summed E-state index contributed by atoms with van der Waals surface area (Å²) in [6.07, 6.45) is 0.709. The zero-order valence-electron chi connectivity index (χ0n) is 9.67. The first-order valence-corrected chi connectivity index (χ1v) is 5.19. The molecular formula is C12H20N2O. The summed E-state index contributed by atoms with van der Waals surface area (Å²) in [4.78, 5) is 0. The minimum atomic E-state index is -0.116. The summed E-state index contributed by atoms with van der Waals surface area (Å²) >= 11 is 0. The van der Waals surface area contributed by atoms with Gasteiger partial charge < -0.3 is 16.2 Å². The number of hydrogen-bond donors (Lipinski definition) is 3. The van der Waals surface area contributed by atoms with Gasteiger partial charge in [0.15, 0.2) is 0 Å². The highest BCUT2D eigenvalue weighted by Crippen LogP contribution is 2.21. The Kier molecular flexibility index (Phi) is 3.58. The Hall–Kier alpha value is -1.22. The summed E-state index contributed by atoms with van der Waals surface area (Å²) in [6, 6.07) is 5.89. The normalized spacial score (nSPS) is 11.5. The van der Waals surface area contributed by atoms with Crippen LogP contribution in [0.3, 0.4) is 0 Å². The van der Waals surface area contributed by atoms with E-state index in [4.69, 9.17) is 10.8 Å². The third-order valence-electron chi connectivity index (χ3n) is 2.32. The van der Waals surface area contributed by atoms with Crippen molar-refractivity contribution in [3.63, 3.8) is 0 Å². The van der Waals surface area contributed by atoms with Crippen molar-refractivity contribution in [1.29, 1.82) is 0 Å². The zero-order chi connectivity index (χ0) is 11.5. The van der Waals surface area contributed by atoms with Crippen molar-refractivity contribution in [3.8, 4) is 0 Å². The number of nitrogens with one attached hydrogen (secondary N) is 1. The molecule has 0 amide bonds. The van der Waals surface area contributed by atoms with Gasteiger partial charge in [-0.1, -0.05) is 0 Å². The number of aliphatic hydroxyl groups is 1. The van der Waals surface area contributed by atoms with Crippen LogP contribution in [-0.2, 0) is 0 Å². The van der Waals surface area contributed by atoms with Crippen LogP contribution in [0.25, 0.3) is 0 Å². The Morgan fingerprint density at radius 3 is 2.53 bits per heavy atom. The second kappa shape index (κ2) is 4.53. The maximum absolute atomic E-state index is 8.92. The van der Waals surface area contributed by atoms with Gasteiger partial charge in [-0.25, -0.2) is 0 Å². The Morgan fingerprint density at radius 2 is 2.00 bits per heavy atom. The van der Waals surface area contributed by atoms with Gasteiger partial charge in [0.25, 0.3) is 0 Å². The number of benzene rings is 1. The van der Waals surface area contributed by atoms with Gasteiger partial charge in [-0.05, 0) is 51.0 Å². The van der Waals surface area contributed by atoms with Gasteiger partial charge in [-0.3, -0.25) is 0 Å². The molecule has 0 atom stereocenters. The molecule has 0 spiro atoms. The number of anilines is 2. The molecule has 1 aromatic carbocycles. The topological polar surface area (TPSA) is 58.3 Å². The van der Waals surface area contributed by atoms with Crippen molar-refractivity contribution in [2.75, 3.05) is 17.7 Å². The van der Waals surface area contributed by atoms with E-state index in [1.807, 2.05) is 19.1 Å². The largest absolute Gasteiger partial charge is 0.399 e. The molecule has 3 heteroatoms. The lowest BCUT2D eigenvalue weighted by Crippen LogP contribution is -2.31. The molecule has 3 nitrogen and oxygen atoms in total. The van der Waals surface area contributed by atoms with Gasteiger partial charge in [-0.2, -0.15) is 0 Å². The number of nitrogens with two attached hydrogens (primary N) is 1. The van der Waals surface area contributed by atoms with Crippen molar-refractivity contribution < 1.29 is 5.11 Å². The van der Waals surface area contributed by atoms with Crippen LogP contribution in [0.2, 0.25) is 0 Å². The first-order chi connectivity index (χ1) is 6.93. The van der Waals surface area contributed by atoms with Crippen LogP contribution in [0, 0.1) is 6.92 Å². The van der Waals surface area contributed by atoms with E-state index in [1.54, 1.807) is 0 Å². The molecule has 0 aromatic heterocycles. The average molecular weight is 208 g/mol. The van der Waals surface area contributed by atoms with Gasteiger partial charge in [0.2, 0.25) is 0 Å². The molecule has 0 aliphatic heterocycles. The summed E-state index contributed by atoms with van der Waals surface area (Å²) in [7, 11) is 0. The molecule has 0 fully saturated rings. The monoisotopic (exact) mass is 208 g/mol. The van der Waals surface area contributed by atoms with E-state index in [1.165, 1.54) is 0 Å². The van der Waals surface area contributed by atoms with Crippen molar-refractivity contribution >= 4 is 11.4 Å². The van der Waals surface area contributed by atoms with Crippen LogP contribution < -0.4 is 11.1 Å². The molecule has 1 rings (SSSR count). The molecule has 15 heavy (non-hydrogen) atoms. The van der Waals surface area contributed by atoms with Crippen molar-refractivity contribution in [3.05, 3.63) is 23.8 Å². The van der Waals surface area contributed by atoms with Gasteiger partial charge in [0.05, 0.1) is 0 Å². The minimum Gasteiger partial charge on any atom is -0.399 e. The SMILES string of the molecule is Cc1cc(N)cc(NC(C)(C)CCO)c1. The van der Waals surface area contributed by atoms with Crippen LogP contribution in [0.4, 0.5) is 11.4 Å². The quantitative estimate of drug-likeness (QED) is 0.664. The lowest BCUT2D eigenvalue weighted by Gasteiger charge is -2.27. The number of aliphatic hydroxyl groups excluding tert-OH is 1. The van der Waals surface area contributed by atoms with Crippen molar-refractivity contribution in [2.24, 2.45) is 0 Å². The molecule has 0 saturated heterocycles. The molecule has 0 unspecified atom stereocenters. The molecular weight excluding hydrogens is 188 g/mol. The number of hydrogen-bond acceptors (Lipinski definition) is 3. The first-order valence-electron chi connectivity index (χ1n) is 5.19. The maximum atomic E-state index is 8.92. The van der Waals surface area contributed by atoms with Crippen LogP contribution >= 0.6 is 0 Å². The highest BCUT2D eigenvalue weighted by molar-refractivity contribution is 5.57. The number of nitrogen functional groups attached to an aromatic ring is 1. The van der Waals surface area contributed by atoms with Crippen molar-refractivity contribution in [2.45, 2.75) is 32.7 Å². The standard InChI is InChI=1S/C12H20N2O/c1-9-6-10(13)8-11(7-9)14-12(2,3)4-5-15/h6-8,14-15H,4-5,13H2,1-3H3. The number of rotatable bonds is 4. The van der Waals surface area contributed by atoms with E-state index in [2.05, 4.69) is 25.2 Å². The Morgan fingerprint density at radius 1 is 1.33 bits per heavy atom. The fourth-order valence-corrected chi connectivity index (χ4v) is 1.62. The minimum absolute atomic E-state index is 0.116. The van der Waals surface area contributed by atoms with Gasteiger partial charge >= 0.3 is 0 Å². The lowest BCUT2D eigenvalue weighted by atomic mass is 10.0. The summed E-state index contributed by atoms with van der Waals surface area (Å²) in [5.41, 5.74) is 8.55. The predicted octanol–water partition coefficient (Wildman–Crippen LogP) is 2.15. The van der Waals surface area contributed by atoms with E-state index in [-0.39, 0.29) is 12.1 Å². The highest BCUT2D eigenvalue weighted by atomic mass is 16.3. The summed E-state index contributed by atoms with van der Waals surface area (Å²) in [6.45, 7) is 6.31. The number of aryl methyl sites for hydroxylation is 1. The van der Waals surface area contributed by atoms with E-state index >= 15 is 0 Å². The Bertz CT molecular complexity index is 314. The first kappa shape index (κ1) is 11.9. The van der Waals surface area contributed by atoms with Crippen LogP contribution in [0.1, 0.15) is 25.8 Å². The third kappa shape index (κ3) is 3.80. The Labute approximate surface area is 91.3 Å². The predicted molar refractivity (Wildman–Crippen MR) is 65.0 cm³/mol. The molecule has 0 aliphatic rings. The maximum Gasteiger partial charge on any atom is 0.0453 e. The fourth-order valence-electron chi connectivity index (χ4n) is 1.62. The van der Waals surface area contributed by atoms with Crippen LogP contribution in [0.5, 0.6) is 0 Å². The van der Waals surface area contributed by atoms with Crippen molar-refractivity contribution in [1.82, 2.24) is 0 Å². The molecule has 4 N–H and O–H groups in total. The van der Waals surface area contributed by atoms with Gasteiger partial charge in [-0.15, -0.1) is 0 Å². The highest BCUT2D eigenvalue weighted by Gasteiger charge is 2.16. The van der Waals surface area contributed by atoms with E-state index in [0.29, 0.717) is 6.42 Å². The van der Waals surface area contributed by atoms with E-state index < -0.39 is 0 Å². The fraction of sp³-hybridized carbons (Fsp3) is 0.500. The van der Waals surface area contributed by atoms with Gasteiger partial charge in [0.1, 0.15) is 0 Å². The summed E-state index contributed by atoms with van der Waals surface area (Å²) < 4.78 is 0. The molecule has 0 heterocycles. The van der Waals surface area contributed by atoms with Crippen LogP contribution in [-0.4, -0.2) is 17.3 Å². The Balaban J connectivity index is 2.80. The molecule has 1 aromatic rings. The molecule has 0 saturated carbocycles. The average Bonchev–Trinajstić information content (AvgIpc) is 1.99. The molecule has 0 bridgehead atoms. The summed E-state index contributed by atoms with van der Waals surface area (Å²) in [5.74, 6) is 0. The van der Waals surface area contributed by atoms with E-state index in [9.17, 15) is 0 Å². The zero-order valence-corrected chi connectivity index (χ0v) is 9.67.